The molecular formula is C20H31N3O3S. The van der Waals surface area contributed by atoms with Crippen LogP contribution < -0.4 is 5.32 Å². The summed E-state index contributed by atoms with van der Waals surface area (Å²) in [5.41, 5.74) is 2.22. The average molecular weight is 394 g/mol. The number of fused-ring (bicyclic) bond motifs is 1. The largest absolute Gasteiger partial charge is 0.342 e. The van der Waals surface area contributed by atoms with Crippen LogP contribution in [0.3, 0.4) is 0 Å². The van der Waals surface area contributed by atoms with Gasteiger partial charge in [-0.05, 0) is 74.9 Å². The zero-order valence-electron chi connectivity index (χ0n) is 16.4. The van der Waals surface area contributed by atoms with E-state index in [0.717, 1.165) is 43.4 Å². The van der Waals surface area contributed by atoms with Crippen LogP contribution in [0.4, 0.5) is 0 Å². The topological polar surface area (TPSA) is 69.7 Å². The Morgan fingerprint density at radius 1 is 1.11 bits per heavy atom. The molecule has 0 radical (unpaired) electrons. The number of sulfonamides is 1. The van der Waals surface area contributed by atoms with E-state index in [2.05, 4.69) is 5.32 Å². The van der Waals surface area contributed by atoms with Crippen molar-refractivity contribution in [3.05, 3.63) is 29.3 Å². The highest BCUT2D eigenvalue weighted by atomic mass is 32.2. The molecule has 6 nitrogen and oxygen atoms in total. The van der Waals surface area contributed by atoms with Crippen molar-refractivity contribution in [1.82, 2.24) is 14.5 Å². The summed E-state index contributed by atoms with van der Waals surface area (Å²) in [6.07, 6.45) is 4.46. The molecule has 1 N–H and O–H groups in total. The molecule has 0 aromatic heterocycles. The van der Waals surface area contributed by atoms with Gasteiger partial charge in [0.15, 0.2) is 0 Å². The van der Waals surface area contributed by atoms with Crippen LogP contribution in [0.25, 0.3) is 0 Å². The van der Waals surface area contributed by atoms with Gasteiger partial charge in [0, 0.05) is 33.1 Å². The first-order chi connectivity index (χ1) is 12.9. The standard InChI is InChI=1S/C20H31N3O3S/c1-16(24)22-11-8-18-3-4-20(15-19(18)9-12-22)27(25,26)23-13-6-17(7-14-23)5-10-21-2/h3-4,15,17,21H,5-14H2,1-2H3. The van der Waals surface area contributed by atoms with Crippen molar-refractivity contribution in [2.45, 2.75) is 43.9 Å². The highest BCUT2D eigenvalue weighted by Gasteiger charge is 2.30. The molecular weight excluding hydrogens is 362 g/mol. The summed E-state index contributed by atoms with van der Waals surface area (Å²) in [6, 6.07) is 5.51. The molecule has 0 atom stereocenters. The molecule has 0 unspecified atom stereocenters. The van der Waals surface area contributed by atoms with Crippen LogP contribution in [0.5, 0.6) is 0 Å². The van der Waals surface area contributed by atoms with E-state index in [1.165, 1.54) is 0 Å². The van der Waals surface area contributed by atoms with E-state index in [1.54, 1.807) is 17.3 Å². The van der Waals surface area contributed by atoms with Crippen molar-refractivity contribution >= 4 is 15.9 Å². The zero-order chi connectivity index (χ0) is 19.4. The number of amides is 1. The second kappa shape index (κ2) is 8.71. The minimum atomic E-state index is -3.44. The Morgan fingerprint density at radius 3 is 2.41 bits per heavy atom. The van der Waals surface area contributed by atoms with Crippen molar-refractivity contribution in [1.29, 1.82) is 0 Å². The molecule has 0 aliphatic carbocycles. The normalized spacial score (nSPS) is 19.6. The quantitative estimate of drug-likeness (QED) is 0.826. The van der Waals surface area contributed by atoms with Gasteiger partial charge in [-0.15, -0.1) is 0 Å². The third-order valence-electron chi connectivity index (χ3n) is 5.94. The Morgan fingerprint density at radius 2 is 1.78 bits per heavy atom. The number of hydrogen-bond acceptors (Lipinski definition) is 4. The molecule has 1 aromatic rings. The number of piperidine rings is 1. The third-order valence-corrected chi connectivity index (χ3v) is 7.83. The first-order valence-corrected chi connectivity index (χ1v) is 11.4. The van der Waals surface area contributed by atoms with E-state index in [-0.39, 0.29) is 5.91 Å². The number of carbonyl (C=O) groups excluding carboxylic acids is 1. The fourth-order valence-electron chi connectivity index (χ4n) is 4.11. The molecule has 27 heavy (non-hydrogen) atoms. The van der Waals surface area contributed by atoms with E-state index in [0.29, 0.717) is 43.4 Å². The monoisotopic (exact) mass is 393 g/mol. The lowest BCUT2D eigenvalue weighted by atomic mass is 9.95. The minimum Gasteiger partial charge on any atom is -0.342 e. The summed E-state index contributed by atoms with van der Waals surface area (Å²) in [5, 5.41) is 3.17. The van der Waals surface area contributed by atoms with E-state index < -0.39 is 10.0 Å². The molecule has 2 aliphatic rings. The Labute approximate surface area is 163 Å². The maximum atomic E-state index is 13.1. The van der Waals surface area contributed by atoms with Gasteiger partial charge < -0.3 is 10.2 Å². The first kappa shape index (κ1) is 20.3. The number of hydrogen-bond donors (Lipinski definition) is 1. The highest BCUT2D eigenvalue weighted by molar-refractivity contribution is 7.89. The van der Waals surface area contributed by atoms with Crippen LogP contribution >= 0.6 is 0 Å². The molecule has 0 bridgehead atoms. The van der Waals surface area contributed by atoms with Crippen LogP contribution in [0, 0.1) is 5.92 Å². The summed E-state index contributed by atoms with van der Waals surface area (Å²) in [5.74, 6) is 0.685. The number of benzene rings is 1. The van der Waals surface area contributed by atoms with Crippen LogP contribution in [0.15, 0.2) is 23.1 Å². The number of nitrogens with zero attached hydrogens (tertiary/aromatic N) is 2. The van der Waals surface area contributed by atoms with Gasteiger partial charge >= 0.3 is 0 Å². The van der Waals surface area contributed by atoms with Crippen molar-refractivity contribution in [2.24, 2.45) is 5.92 Å². The van der Waals surface area contributed by atoms with E-state index in [9.17, 15) is 13.2 Å². The Bertz CT molecular complexity index is 771. The summed E-state index contributed by atoms with van der Waals surface area (Å²) in [4.78, 5) is 13.9. The lowest BCUT2D eigenvalue weighted by molar-refractivity contribution is -0.128. The maximum absolute atomic E-state index is 13.1. The van der Waals surface area contributed by atoms with Crippen LogP contribution in [0.2, 0.25) is 0 Å². The Hall–Kier alpha value is -1.44. The lowest BCUT2D eigenvalue weighted by Gasteiger charge is -2.31. The smallest absolute Gasteiger partial charge is 0.243 e. The van der Waals surface area contributed by atoms with Gasteiger partial charge in [0.25, 0.3) is 0 Å². The SMILES string of the molecule is CNCCC1CCN(S(=O)(=O)c2ccc3c(c2)CCN(C(C)=O)CC3)CC1. The minimum absolute atomic E-state index is 0.0804. The van der Waals surface area contributed by atoms with Crippen molar-refractivity contribution in [2.75, 3.05) is 39.8 Å². The summed E-state index contributed by atoms with van der Waals surface area (Å²) < 4.78 is 27.8. The van der Waals surface area contributed by atoms with Gasteiger partial charge in [-0.1, -0.05) is 6.07 Å². The predicted octanol–water partition coefficient (Wildman–Crippen LogP) is 1.64. The van der Waals surface area contributed by atoms with E-state index in [1.807, 2.05) is 24.1 Å². The van der Waals surface area contributed by atoms with Gasteiger partial charge in [0.2, 0.25) is 15.9 Å². The molecule has 3 rings (SSSR count). The molecule has 1 saturated heterocycles. The molecule has 0 spiro atoms. The van der Waals surface area contributed by atoms with Crippen LogP contribution in [-0.2, 0) is 27.7 Å². The fourth-order valence-corrected chi connectivity index (χ4v) is 5.63. The van der Waals surface area contributed by atoms with Crippen molar-refractivity contribution < 1.29 is 13.2 Å². The second-order valence-electron chi connectivity index (χ2n) is 7.68. The van der Waals surface area contributed by atoms with E-state index >= 15 is 0 Å². The summed E-state index contributed by atoms with van der Waals surface area (Å²) in [7, 11) is -1.49. The lowest BCUT2D eigenvalue weighted by Crippen LogP contribution is -2.39. The molecule has 7 heteroatoms. The Kier molecular flexibility index (Phi) is 6.55. The van der Waals surface area contributed by atoms with Gasteiger partial charge in [-0.25, -0.2) is 8.42 Å². The zero-order valence-corrected chi connectivity index (χ0v) is 17.2. The van der Waals surface area contributed by atoms with E-state index in [4.69, 9.17) is 0 Å². The number of nitrogens with one attached hydrogen (secondary N) is 1. The number of rotatable bonds is 5. The van der Waals surface area contributed by atoms with Crippen LogP contribution in [-0.4, -0.2) is 63.3 Å². The highest BCUT2D eigenvalue weighted by Crippen LogP contribution is 2.27. The van der Waals surface area contributed by atoms with Crippen molar-refractivity contribution in [3.8, 4) is 0 Å². The molecule has 1 fully saturated rings. The second-order valence-corrected chi connectivity index (χ2v) is 9.61. The van der Waals surface area contributed by atoms with Crippen LogP contribution in [0.1, 0.15) is 37.3 Å². The molecule has 0 saturated carbocycles. The van der Waals surface area contributed by atoms with Gasteiger partial charge in [0.1, 0.15) is 0 Å². The third kappa shape index (κ3) is 4.70. The van der Waals surface area contributed by atoms with Gasteiger partial charge in [-0.3, -0.25) is 4.79 Å². The van der Waals surface area contributed by atoms with Gasteiger partial charge in [0.05, 0.1) is 4.90 Å². The van der Waals surface area contributed by atoms with Crippen molar-refractivity contribution in [3.63, 3.8) is 0 Å². The molecule has 150 valence electrons. The average Bonchev–Trinajstić information content (AvgIpc) is 2.89. The molecule has 2 aliphatic heterocycles. The fraction of sp³-hybridized carbons (Fsp3) is 0.650. The van der Waals surface area contributed by atoms with Gasteiger partial charge in [-0.2, -0.15) is 4.31 Å². The molecule has 1 aromatic carbocycles. The Balaban J connectivity index is 1.71. The maximum Gasteiger partial charge on any atom is 0.243 e. The molecule has 2 heterocycles. The molecule has 1 amide bonds. The predicted molar refractivity (Wildman–Crippen MR) is 106 cm³/mol. The number of carbonyl (C=O) groups is 1. The summed E-state index contributed by atoms with van der Waals surface area (Å²) in [6.45, 7) is 5.14. The summed E-state index contributed by atoms with van der Waals surface area (Å²) >= 11 is 0. The first-order valence-electron chi connectivity index (χ1n) is 9.94.